The van der Waals surface area contributed by atoms with E-state index in [2.05, 4.69) is 50.1 Å². The van der Waals surface area contributed by atoms with Crippen LogP contribution in [0.25, 0.3) is 22.0 Å². The Bertz CT molecular complexity index is 967. The summed E-state index contributed by atoms with van der Waals surface area (Å²) in [6, 6.07) is 16.3. The third kappa shape index (κ3) is 3.13. The van der Waals surface area contributed by atoms with Crippen molar-refractivity contribution in [3.8, 4) is 11.1 Å². The van der Waals surface area contributed by atoms with Crippen LogP contribution in [-0.4, -0.2) is 32.1 Å². The van der Waals surface area contributed by atoms with Gasteiger partial charge in [-0.3, -0.25) is 9.69 Å². The summed E-state index contributed by atoms with van der Waals surface area (Å²) in [6.07, 6.45) is 0. The first kappa shape index (κ1) is 17.2. The van der Waals surface area contributed by atoms with E-state index in [4.69, 9.17) is 4.74 Å². The molecule has 0 unspecified atom stereocenters. The van der Waals surface area contributed by atoms with Crippen LogP contribution in [0.2, 0.25) is 0 Å². The average Bonchev–Trinajstić information content (AvgIpc) is 2.67. The highest BCUT2D eigenvalue weighted by Gasteiger charge is 2.30. The molecule has 2 heterocycles. The van der Waals surface area contributed by atoms with E-state index in [1.807, 2.05) is 24.3 Å². The Kier molecular flexibility index (Phi) is 4.74. The summed E-state index contributed by atoms with van der Waals surface area (Å²) < 4.78 is 6.48. The van der Waals surface area contributed by atoms with Gasteiger partial charge in [0.1, 0.15) is 24.2 Å². The lowest BCUT2D eigenvalue weighted by molar-refractivity contribution is -0.331. The summed E-state index contributed by atoms with van der Waals surface area (Å²) in [6.45, 7) is 4.53. The zero-order valence-electron chi connectivity index (χ0n) is 14.6. The second-order valence-electron chi connectivity index (χ2n) is 6.44. The molecule has 0 radical (unpaired) electrons. The number of halogens is 1. The lowest BCUT2D eigenvalue weighted by Gasteiger charge is -2.24. The first-order valence-electron chi connectivity index (χ1n) is 8.73. The van der Waals surface area contributed by atoms with Crippen molar-refractivity contribution < 1.29 is 14.5 Å². The monoisotopic (exact) mass is 411 g/mol. The second-order valence-corrected chi connectivity index (χ2v) is 7.35. The number of carbonyl (C=O) groups excluding carboxylic acids is 1. The lowest BCUT2D eigenvalue weighted by Crippen LogP contribution is -2.40. The number of ketones is 1. The zero-order valence-corrected chi connectivity index (χ0v) is 16.2. The van der Waals surface area contributed by atoms with Crippen LogP contribution in [-0.2, 0) is 4.74 Å². The van der Waals surface area contributed by atoms with Gasteiger partial charge in [-0.1, -0.05) is 46.3 Å². The smallest absolute Gasteiger partial charge is 0.286 e. The Hall–Kier alpha value is -2.24. The lowest BCUT2D eigenvalue weighted by atomic mass is 9.93. The molecule has 0 amide bonds. The predicted octanol–water partition coefficient (Wildman–Crippen LogP) is 4.12. The third-order valence-electron chi connectivity index (χ3n) is 4.73. The number of benzene rings is 2. The van der Waals surface area contributed by atoms with E-state index >= 15 is 0 Å². The summed E-state index contributed by atoms with van der Waals surface area (Å²) in [4.78, 5) is 18.5. The van der Waals surface area contributed by atoms with E-state index < -0.39 is 0 Å². The van der Waals surface area contributed by atoms with Gasteiger partial charge in [0.25, 0.3) is 5.82 Å². The van der Waals surface area contributed by atoms with Gasteiger partial charge in [0.15, 0.2) is 5.78 Å². The van der Waals surface area contributed by atoms with E-state index in [-0.39, 0.29) is 5.78 Å². The number of aromatic amines is 1. The highest BCUT2D eigenvalue weighted by Crippen LogP contribution is 2.36. The van der Waals surface area contributed by atoms with Gasteiger partial charge in [-0.2, -0.15) is 0 Å². The molecule has 5 heteroatoms. The van der Waals surface area contributed by atoms with Crippen LogP contribution in [0.5, 0.6) is 0 Å². The van der Waals surface area contributed by atoms with Gasteiger partial charge in [0.2, 0.25) is 0 Å². The molecule has 0 atom stereocenters. The molecule has 3 aromatic rings. The van der Waals surface area contributed by atoms with Crippen molar-refractivity contribution in [2.75, 3.05) is 31.2 Å². The molecular formula is C21H20BrN2O2+. The highest BCUT2D eigenvalue weighted by molar-refractivity contribution is 9.10. The van der Waals surface area contributed by atoms with Crippen LogP contribution in [0.3, 0.4) is 0 Å². The Morgan fingerprint density at radius 3 is 2.54 bits per heavy atom. The van der Waals surface area contributed by atoms with Crippen molar-refractivity contribution in [3.63, 3.8) is 0 Å². The number of ether oxygens (including phenoxy) is 1. The molecule has 1 aromatic heterocycles. The normalized spacial score (nSPS) is 14.6. The number of nitrogens with one attached hydrogen (secondary N) is 1. The predicted molar refractivity (Wildman–Crippen MR) is 107 cm³/mol. The van der Waals surface area contributed by atoms with Crippen LogP contribution in [0.15, 0.2) is 53.0 Å². The third-order valence-corrected chi connectivity index (χ3v) is 5.23. The molecular weight excluding hydrogens is 392 g/mol. The Balaban J connectivity index is 2.07. The molecule has 1 aliphatic heterocycles. The number of morpholine rings is 1. The summed E-state index contributed by atoms with van der Waals surface area (Å²) >= 11 is 3.57. The number of pyridine rings is 1. The molecule has 1 N–H and O–H groups in total. The van der Waals surface area contributed by atoms with Gasteiger partial charge in [-0.15, -0.1) is 0 Å². The number of hydrogen-bond donors (Lipinski definition) is 0. The molecule has 1 saturated heterocycles. The largest absolute Gasteiger partial charge is 0.373 e. The molecule has 2 aromatic carbocycles. The Morgan fingerprint density at radius 2 is 1.85 bits per heavy atom. The summed E-state index contributed by atoms with van der Waals surface area (Å²) in [5, 5.41) is 1.03. The van der Waals surface area contributed by atoms with E-state index in [1.54, 1.807) is 6.92 Å². The van der Waals surface area contributed by atoms with Crippen LogP contribution in [0.4, 0.5) is 5.82 Å². The minimum atomic E-state index is 0.0588. The minimum absolute atomic E-state index is 0.0588. The maximum Gasteiger partial charge on any atom is 0.286 e. The highest BCUT2D eigenvalue weighted by atomic mass is 79.9. The van der Waals surface area contributed by atoms with Crippen LogP contribution in [0.1, 0.15) is 17.3 Å². The van der Waals surface area contributed by atoms with Crippen molar-refractivity contribution >= 4 is 38.4 Å². The summed E-state index contributed by atoms with van der Waals surface area (Å²) in [7, 11) is 0. The fourth-order valence-electron chi connectivity index (χ4n) is 3.55. The van der Waals surface area contributed by atoms with Gasteiger partial charge in [-0.25, -0.2) is 4.98 Å². The molecule has 4 rings (SSSR count). The van der Waals surface area contributed by atoms with E-state index in [0.717, 1.165) is 51.0 Å². The van der Waals surface area contributed by atoms with Crippen molar-refractivity contribution in [2.24, 2.45) is 0 Å². The zero-order chi connectivity index (χ0) is 18.1. The quantitative estimate of drug-likeness (QED) is 0.608. The SMILES string of the molecule is CC(=O)c1c(N2CCOCC2)[nH+]c2ccc(Br)cc2c1-c1ccccc1. The fourth-order valence-corrected chi connectivity index (χ4v) is 3.91. The molecule has 4 nitrogen and oxygen atoms in total. The van der Waals surface area contributed by atoms with Crippen molar-refractivity contribution in [2.45, 2.75) is 6.92 Å². The number of carbonyl (C=O) groups is 1. The van der Waals surface area contributed by atoms with Gasteiger partial charge < -0.3 is 4.74 Å². The summed E-state index contributed by atoms with van der Waals surface area (Å²) in [5.74, 6) is 0.943. The number of fused-ring (bicyclic) bond motifs is 1. The van der Waals surface area contributed by atoms with Crippen molar-refractivity contribution in [3.05, 3.63) is 58.6 Å². The van der Waals surface area contributed by atoms with Gasteiger partial charge in [0, 0.05) is 15.4 Å². The van der Waals surface area contributed by atoms with Gasteiger partial charge in [0.05, 0.1) is 13.2 Å². The topological polar surface area (TPSA) is 43.7 Å². The van der Waals surface area contributed by atoms with E-state index in [1.165, 1.54) is 0 Å². The van der Waals surface area contributed by atoms with Crippen LogP contribution >= 0.6 is 15.9 Å². The fraction of sp³-hybridized carbons (Fsp3) is 0.238. The number of rotatable bonds is 3. The number of aromatic nitrogens is 1. The van der Waals surface area contributed by atoms with Crippen LogP contribution < -0.4 is 9.88 Å². The number of anilines is 1. The maximum absolute atomic E-state index is 12.7. The number of H-pyrrole nitrogens is 1. The summed E-state index contributed by atoms with van der Waals surface area (Å²) in [5.41, 5.74) is 3.78. The number of Topliss-reactive ketones (excluding diaryl/α,β-unsaturated/α-hetero) is 1. The van der Waals surface area contributed by atoms with Gasteiger partial charge in [-0.05, 0) is 30.7 Å². The molecule has 0 spiro atoms. The molecule has 132 valence electrons. The number of hydrogen-bond acceptors (Lipinski definition) is 3. The molecule has 1 fully saturated rings. The van der Waals surface area contributed by atoms with Crippen LogP contribution in [0, 0.1) is 0 Å². The minimum Gasteiger partial charge on any atom is -0.373 e. The average molecular weight is 412 g/mol. The van der Waals surface area contributed by atoms with E-state index in [9.17, 15) is 4.79 Å². The van der Waals surface area contributed by atoms with E-state index in [0.29, 0.717) is 13.2 Å². The molecule has 0 saturated carbocycles. The standard InChI is InChI=1S/C21H19BrN2O2/c1-14(25)19-20(15-5-3-2-4-6-15)17-13-16(22)7-8-18(17)23-21(19)24-9-11-26-12-10-24/h2-8,13H,9-12H2,1H3/p+1. The molecule has 0 bridgehead atoms. The van der Waals surface area contributed by atoms with Gasteiger partial charge >= 0.3 is 0 Å². The molecule has 26 heavy (non-hydrogen) atoms. The van der Waals surface area contributed by atoms with Crippen molar-refractivity contribution in [1.29, 1.82) is 0 Å². The number of nitrogens with zero attached hydrogens (tertiary/aromatic N) is 1. The first-order chi connectivity index (χ1) is 12.6. The Labute approximate surface area is 160 Å². The molecule has 0 aliphatic carbocycles. The first-order valence-corrected chi connectivity index (χ1v) is 9.52. The second kappa shape index (κ2) is 7.17. The molecule has 1 aliphatic rings. The maximum atomic E-state index is 12.7. The Morgan fingerprint density at radius 1 is 1.12 bits per heavy atom. The van der Waals surface area contributed by atoms with Crippen molar-refractivity contribution in [1.82, 2.24) is 0 Å².